The monoisotopic (exact) mass is 464 g/mol. The fourth-order valence-electron chi connectivity index (χ4n) is 4.03. The van der Waals surface area contributed by atoms with Gasteiger partial charge in [-0.1, -0.05) is 35.3 Å². The van der Waals surface area contributed by atoms with Crippen molar-refractivity contribution in [3.05, 3.63) is 57.6 Å². The third kappa shape index (κ3) is 6.84. The van der Waals surface area contributed by atoms with Crippen molar-refractivity contribution in [3.8, 4) is 11.5 Å². The van der Waals surface area contributed by atoms with Crippen LogP contribution in [0.5, 0.6) is 11.5 Å². The molecule has 0 spiro atoms. The number of aldehydes is 1. The van der Waals surface area contributed by atoms with E-state index in [0.717, 1.165) is 50.0 Å². The lowest BCUT2D eigenvalue weighted by atomic mass is 9.91. The predicted molar refractivity (Wildman–Crippen MR) is 126 cm³/mol. The molecule has 0 aliphatic carbocycles. The van der Waals surface area contributed by atoms with Gasteiger partial charge in [0.2, 0.25) is 0 Å². The average Bonchev–Trinajstić information content (AvgIpc) is 2.74. The Labute approximate surface area is 194 Å². The summed E-state index contributed by atoms with van der Waals surface area (Å²) in [7, 11) is 0. The first-order valence-electron chi connectivity index (χ1n) is 10.7. The molecule has 0 amide bonds. The second kappa shape index (κ2) is 11.7. The molecular weight excluding hydrogens is 435 g/mol. The minimum Gasteiger partial charge on any atom is -0.490 e. The van der Waals surface area contributed by atoms with Crippen molar-refractivity contribution < 1.29 is 14.3 Å². The van der Waals surface area contributed by atoms with Crippen LogP contribution in [0, 0.1) is 6.92 Å². The number of halogens is 2. The SMILES string of the molecule is Cc1cc(Cl)c(OCCOc2ccc(CC3C(N)CCCN3CCC=O)cc2)c(Cl)c1. The Morgan fingerprint density at radius 3 is 2.48 bits per heavy atom. The fourth-order valence-corrected chi connectivity index (χ4v) is 4.73. The number of rotatable bonds is 10. The van der Waals surface area contributed by atoms with E-state index in [4.69, 9.17) is 38.4 Å². The summed E-state index contributed by atoms with van der Waals surface area (Å²) in [5, 5.41) is 0.995. The molecule has 1 aliphatic heterocycles. The Morgan fingerprint density at radius 1 is 1.13 bits per heavy atom. The first-order chi connectivity index (χ1) is 15.0. The van der Waals surface area contributed by atoms with E-state index in [-0.39, 0.29) is 12.1 Å². The first-order valence-corrected chi connectivity index (χ1v) is 11.5. The quantitative estimate of drug-likeness (QED) is 0.408. The lowest BCUT2D eigenvalue weighted by molar-refractivity contribution is -0.108. The summed E-state index contributed by atoms with van der Waals surface area (Å²) in [6.07, 6.45) is 4.52. The maximum atomic E-state index is 10.8. The maximum absolute atomic E-state index is 10.8. The zero-order chi connectivity index (χ0) is 22.2. The lowest BCUT2D eigenvalue weighted by Crippen LogP contribution is -2.53. The Hall–Kier alpha value is -1.79. The zero-order valence-corrected chi connectivity index (χ0v) is 19.4. The Morgan fingerprint density at radius 2 is 1.81 bits per heavy atom. The topological polar surface area (TPSA) is 64.8 Å². The van der Waals surface area contributed by atoms with E-state index < -0.39 is 0 Å². The summed E-state index contributed by atoms with van der Waals surface area (Å²) in [6, 6.07) is 12.1. The van der Waals surface area contributed by atoms with Crippen molar-refractivity contribution in [1.29, 1.82) is 0 Å². The summed E-state index contributed by atoms with van der Waals surface area (Å²) in [5.74, 6) is 1.26. The third-order valence-corrected chi connectivity index (χ3v) is 6.15. The number of hydrogen-bond acceptors (Lipinski definition) is 5. The Bertz CT molecular complexity index is 837. The summed E-state index contributed by atoms with van der Waals surface area (Å²) >= 11 is 12.4. The van der Waals surface area contributed by atoms with Crippen molar-refractivity contribution in [2.45, 2.75) is 44.7 Å². The minimum absolute atomic E-state index is 0.133. The van der Waals surface area contributed by atoms with E-state index in [1.807, 2.05) is 31.2 Å². The van der Waals surface area contributed by atoms with Crippen LogP contribution in [0.4, 0.5) is 0 Å². The number of nitrogens with two attached hydrogens (primary N) is 1. The van der Waals surface area contributed by atoms with Crippen molar-refractivity contribution in [3.63, 3.8) is 0 Å². The van der Waals surface area contributed by atoms with Gasteiger partial charge in [-0.05, 0) is 68.1 Å². The molecule has 1 heterocycles. The predicted octanol–water partition coefficient (Wildman–Crippen LogP) is 4.68. The molecule has 5 nitrogen and oxygen atoms in total. The highest BCUT2D eigenvalue weighted by molar-refractivity contribution is 6.37. The molecule has 3 rings (SSSR count). The number of hydrogen-bond donors (Lipinski definition) is 1. The van der Waals surface area contributed by atoms with Crippen molar-refractivity contribution >= 4 is 29.5 Å². The molecule has 0 radical (unpaired) electrons. The normalized spacial score (nSPS) is 19.2. The molecule has 2 aromatic carbocycles. The highest BCUT2D eigenvalue weighted by Crippen LogP contribution is 2.34. The molecular formula is C24H30Cl2N2O3. The molecule has 0 aromatic heterocycles. The number of carbonyl (C=O) groups excluding carboxylic acids is 1. The van der Waals surface area contributed by atoms with Crippen molar-refractivity contribution in [2.24, 2.45) is 5.73 Å². The molecule has 31 heavy (non-hydrogen) atoms. The van der Waals surface area contributed by atoms with Gasteiger partial charge in [0, 0.05) is 25.0 Å². The maximum Gasteiger partial charge on any atom is 0.156 e. The van der Waals surface area contributed by atoms with Gasteiger partial charge in [-0.2, -0.15) is 0 Å². The first kappa shape index (κ1) is 23.9. The van der Waals surface area contributed by atoms with Crippen LogP contribution in [0.2, 0.25) is 10.0 Å². The zero-order valence-electron chi connectivity index (χ0n) is 17.9. The fraction of sp³-hybridized carbons (Fsp3) is 0.458. The van der Waals surface area contributed by atoms with Crippen molar-refractivity contribution in [1.82, 2.24) is 4.90 Å². The molecule has 1 aliphatic rings. The average molecular weight is 465 g/mol. The lowest BCUT2D eigenvalue weighted by Gasteiger charge is -2.39. The van der Waals surface area contributed by atoms with Crippen LogP contribution in [-0.2, 0) is 11.2 Å². The highest BCUT2D eigenvalue weighted by Gasteiger charge is 2.28. The Kier molecular flexibility index (Phi) is 9.02. The summed E-state index contributed by atoms with van der Waals surface area (Å²) in [4.78, 5) is 13.1. The number of benzene rings is 2. The van der Waals surface area contributed by atoms with Crippen LogP contribution in [0.15, 0.2) is 36.4 Å². The smallest absolute Gasteiger partial charge is 0.156 e. The molecule has 1 saturated heterocycles. The van der Waals surface area contributed by atoms with Crippen LogP contribution in [0.3, 0.4) is 0 Å². The molecule has 2 aromatic rings. The number of likely N-dealkylation sites (tertiary alicyclic amines) is 1. The van der Waals surface area contributed by atoms with Gasteiger partial charge in [0.25, 0.3) is 0 Å². The van der Waals surface area contributed by atoms with Gasteiger partial charge in [0.1, 0.15) is 25.2 Å². The van der Waals surface area contributed by atoms with E-state index in [2.05, 4.69) is 17.0 Å². The summed E-state index contributed by atoms with van der Waals surface area (Å²) < 4.78 is 11.5. The van der Waals surface area contributed by atoms with Gasteiger partial charge < -0.3 is 20.0 Å². The van der Waals surface area contributed by atoms with Gasteiger partial charge in [-0.25, -0.2) is 0 Å². The van der Waals surface area contributed by atoms with Crippen molar-refractivity contribution in [2.75, 3.05) is 26.3 Å². The van der Waals surface area contributed by atoms with Crippen LogP contribution in [-0.4, -0.2) is 49.6 Å². The summed E-state index contributed by atoms with van der Waals surface area (Å²) in [5.41, 5.74) is 8.58. The number of ether oxygens (including phenoxy) is 2. The number of aryl methyl sites for hydroxylation is 1. The molecule has 2 N–H and O–H groups in total. The van der Waals surface area contributed by atoms with Gasteiger partial charge in [0.05, 0.1) is 10.0 Å². The molecule has 0 saturated carbocycles. The van der Waals surface area contributed by atoms with Gasteiger partial charge in [-0.15, -0.1) is 0 Å². The largest absolute Gasteiger partial charge is 0.490 e. The molecule has 0 bridgehead atoms. The number of carbonyl (C=O) groups is 1. The second-order valence-corrected chi connectivity index (χ2v) is 8.78. The van der Waals surface area contributed by atoms with E-state index >= 15 is 0 Å². The van der Waals surface area contributed by atoms with Gasteiger partial charge in [0.15, 0.2) is 5.75 Å². The van der Waals surface area contributed by atoms with Crippen LogP contribution < -0.4 is 15.2 Å². The van der Waals surface area contributed by atoms with Gasteiger partial charge >= 0.3 is 0 Å². The molecule has 2 atom stereocenters. The molecule has 7 heteroatoms. The summed E-state index contributed by atoms with van der Waals surface area (Å²) in [6.45, 7) is 4.43. The molecule has 2 unspecified atom stereocenters. The standard InChI is InChI=1S/C24H30Cl2N2O3/c1-17-14-20(25)24(21(26)15-17)31-13-12-30-19-7-5-18(6-8-19)16-23-22(27)4-2-9-28(23)10-3-11-29/h5-8,11,14-15,22-23H,2-4,9-10,12-13,16,27H2,1H3. The second-order valence-electron chi connectivity index (χ2n) is 7.97. The van der Waals surface area contributed by atoms with E-state index in [9.17, 15) is 4.79 Å². The van der Waals surface area contributed by atoms with E-state index in [1.54, 1.807) is 0 Å². The van der Waals surface area contributed by atoms with Crippen LogP contribution in [0.25, 0.3) is 0 Å². The third-order valence-electron chi connectivity index (χ3n) is 5.59. The number of nitrogens with zero attached hydrogens (tertiary/aromatic N) is 1. The van der Waals surface area contributed by atoms with E-state index in [0.29, 0.717) is 35.4 Å². The molecule has 168 valence electrons. The molecule has 1 fully saturated rings. The van der Waals surface area contributed by atoms with Crippen LogP contribution >= 0.6 is 23.2 Å². The minimum atomic E-state index is 0.133. The number of piperidine rings is 1. The van der Waals surface area contributed by atoms with Gasteiger partial charge in [-0.3, -0.25) is 4.90 Å². The van der Waals surface area contributed by atoms with E-state index in [1.165, 1.54) is 5.56 Å². The Balaban J connectivity index is 1.49. The highest BCUT2D eigenvalue weighted by atomic mass is 35.5. The van der Waals surface area contributed by atoms with Crippen LogP contribution in [0.1, 0.15) is 30.4 Å².